The standard InChI is InChI=1S/C17H11ClN2O10S2/c18-13-5-9(20(23)24)1-2-12(13)17(22)19-14-6-10(31(25,26)27)3-8-4-11(32(28,29)30)7-15(21)16(8)14/h1-7,21H,(H,19,22)(H,25,26,27)(H,28,29,30). The van der Waals surface area contributed by atoms with E-state index >= 15 is 0 Å². The third-order valence-corrected chi connectivity index (χ3v) is 6.20. The van der Waals surface area contributed by atoms with Gasteiger partial charge in [0.15, 0.2) is 0 Å². The number of nitro benzene ring substituents is 1. The minimum atomic E-state index is -4.85. The van der Waals surface area contributed by atoms with Gasteiger partial charge in [-0.25, -0.2) is 0 Å². The van der Waals surface area contributed by atoms with E-state index in [4.69, 9.17) is 11.6 Å². The normalized spacial score (nSPS) is 12.0. The fourth-order valence-corrected chi connectivity index (χ4v) is 4.17. The topological polar surface area (TPSA) is 201 Å². The number of phenols is 1. The number of nitrogens with zero attached hydrogens (tertiary/aromatic N) is 1. The number of halogens is 1. The number of carbonyl (C=O) groups is 1. The third kappa shape index (κ3) is 4.63. The zero-order valence-corrected chi connectivity index (χ0v) is 17.8. The van der Waals surface area contributed by atoms with E-state index in [1.165, 1.54) is 0 Å². The van der Waals surface area contributed by atoms with Crippen molar-refractivity contribution in [1.29, 1.82) is 0 Å². The average Bonchev–Trinajstić information content (AvgIpc) is 2.65. The van der Waals surface area contributed by atoms with Crippen LogP contribution in [0.1, 0.15) is 10.4 Å². The Kier molecular flexibility index (Phi) is 5.84. The maximum atomic E-state index is 12.7. The lowest BCUT2D eigenvalue weighted by molar-refractivity contribution is -0.384. The molecule has 32 heavy (non-hydrogen) atoms. The zero-order chi connectivity index (χ0) is 24.0. The van der Waals surface area contributed by atoms with Gasteiger partial charge in [-0.05, 0) is 29.7 Å². The van der Waals surface area contributed by atoms with Crippen LogP contribution in [0.2, 0.25) is 5.02 Å². The smallest absolute Gasteiger partial charge is 0.294 e. The Morgan fingerprint density at radius 3 is 2.03 bits per heavy atom. The highest BCUT2D eigenvalue weighted by Gasteiger charge is 2.22. The molecule has 0 bridgehead atoms. The van der Waals surface area contributed by atoms with E-state index in [-0.39, 0.29) is 32.7 Å². The van der Waals surface area contributed by atoms with Crippen molar-refractivity contribution in [2.45, 2.75) is 9.79 Å². The fraction of sp³-hybridized carbons (Fsp3) is 0. The maximum absolute atomic E-state index is 12.7. The van der Waals surface area contributed by atoms with Gasteiger partial charge in [-0.3, -0.25) is 24.0 Å². The van der Waals surface area contributed by atoms with Crippen molar-refractivity contribution in [3.63, 3.8) is 0 Å². The maximum Gasteiger partial charge on any atom is 0.294 e. The number of anilines is 1. The van der Waals surface area contributed by atoms with Crippen molar-refractivity contribution in [3.05, 3.63) is 63.2 Å². The first-order valence-electron chi connectivity index (χ1n) is 8.19. The summed E-state index contributed by atoms with van der Waals surface area (Å²) in [7, 11) is -9.64. The van der Waals surface area contributed by atoms with Gasteiger partial charge >= 0.3 is 0 Å². The molecule has 4 N–H and O–H groups in total. The number of hydrogen-bond acceptors (Lipinski definition) is 8. The molecule has 3 aromatic rings. The minimum Gasteiger partial charge on any atom is -0.507 e. The molecular weight excluding hydrogens is 492 g/mol. The van der Waals surface area contributed by atoms with Crippen molar-refractivity contribution >= 4 is 59.9 Å². The van der Waals surface area contributed by atoms with Gasteiger partial charge < -0.3 is 10.4 Å². The molecule has 0 spiro atoms. The number of nitro groups is 1. The summed E-state index contributed by atoms with van der Waals surface area (Å²) in [4.78, 5) is 21.2. The molecule has 0 aliphatic heterocycles. The Balaban J connectivity index is 2.21. The lowest BCUT2D eigenvalue weighted by Gasteiger charge is -2.13. The first-order valence-corrected chi connectivity index (χ1v) is 11.5. The molecule has 0 unspecified atom stereocenters. The largest absolute Gasteiger partial charge is 0.507 e. The highest BCUT2D eigenvalue weighted by atomic mass is 35.5. The molecule has 168 valence electrons. The van der Waals surface area contributed by atoms with Crippen LogP contribution in [0.15, 0.2) is 52.3 Å². The van der Waals surface area contributed by atoms with Crippen molar-refractivity contribution in [2.75, 3.05) is 5.32 Å². The van der Waals surface area contributed by atoms with Crippen molar-refractivity contribution < 1.29 is 40.8 Å². The molecule has 3 rings (SSSR count). The van der Waals surface area contributed by atoms with Crippen molar-refractivity contribution in [1.82, 2.24) is 0 Å². The average molecular weight is 503 g/mol. The summed E-state index contributed by atoms with van der Waals surface area (Å²) in [5.41, 5.74) is -0.994. The van der Waals surface area contributed by atoms with Crippen LogP contribution in [-0.2, 0) is 20.2 Å². The van der Waals surface area contributed by atoms with Crippen LogP contribution in [0.4, 0.5) is 11.4 Å². The number of nitrogens with one attached hydrogen (secondary N) is 1. The molecule has 0 aliphatic rings. The summed E-state index contributed by atoms with van der Waals surface area (Å²) in [5, 5.41) is 22.6. The lowest BCUT2D eigenvalue weighted by atomic mass is 10.1. The van der Waals surface area contributed by atoms with Crippen LogP contribution in [0.5, 0.6) is 5.75 Å². The third-order valence-electron chi connectivity index (χ3n) is 4.23. The second kappa shape index (κ2) is 7.99. The van der Waals surface area contributed by atoms with Gasteiger partial charge in [-0.2, -0.15) is 16.8 Å². The van der Waals surface area contributed by atoms with E-state index in [1.54, 1.807) is 0 Å². The van der Waals surface area contributed by atoms with Crippen LogP contribution in [0, 0.1) is 10.1 Å². The molecule has 0 saturated heterocycles. The fourth-order valence-electron chi connectivity index (χ4n) is 2.83. The summed E-state index contributed by atoms with van der Waals surface area (Å²) in [6.45, 7) is 0. The number of carbonyl (C=O) groups excluding carboxylic acids is 1. The summed E-state index contributed by atoms with van der Waals surface area (Å²) in [5.74, 6) is -1.71. The van der Waals surface area contributed by atoms with Gasteiger partial charge in [0.25, 0.3) is 31.8 Å². The Labute approximate surface area is 184 Å². The molecule has 1 amide bonds. The second-order valence-electron chi connectivity index (χ2n) is 6.34. The number of benzene rings is 3. The van der Waals surface area contributed by atoms with E-state index in [0.29, 0.717) is 6.07 Å². The summed E-state index contributed by atoms with van der Waals surface area (Å²) in [6.07, 6.45) is 0. The zero-order valence-electron chi connectivity index (χ0n) is 15.4. The van der Waals surface area contributed by atoms with Crippen LogP contribution < -0.4 is 5.32 Å². The highest BCUT2D eigenvalue weighted by Crippen LogP contribution is 2.37. The number of fused-ring (bicyclic) bond motifs is 1. The molecule has 0 aromatic heterocycles. The molecule has 12 nitrogen and oxygen atoms in total. The molecule has 0 fully saturated rings. The van der Waals surface area contributed by atoms with Crippen LogP contribution in [-0.4, -0.2) is 41.9 Å². The van der Waals surface area contributed by atoms with Gasteiger partial charge in [-0.1, -0.05) is 11.6 Å². The molecule has 15 heteroatoms. The van der Waals surface area contributed by atoms with E-state index in [1.807, 2.05) is 0 Å². The van der Waals surface area contributed by atoms with Crippen molar-refractivity contribution in [3.8, 4) is 5.75 Å². The van der Waals surface area contributed by atoms with Crippen LogP contribution in [0.3, 0.4) is 0 Å². The molecular formula is C17H11ClN2O10S2. The number of aromatic hydroxyl groups is 1. The Hall–Kier alpha value is -3.30. The minimum absolute atomic E-state index is 0.226. The van der Waals surface area contributed by atoms with E-state index < -0.39 is 46.6 Å². The van der Waals surface area contributed by atoms with Crippen LogP contribution >= 0.6 is 11.6 Å². The second-order valence-corrected chi connectivity index (χ2v) is 9.59. The SMILES string of the molecule is O=C(Nc1cc(S(=O)(=O)O)cc2cc(S(=O)(=O)O)cc(O)c12)c1ccc([N+](=O)[O-])cc1Cl. The number of amides is 1. The monoisotopic (exact) mass is 502 g/mol. The van der Waals surface area contributed by atoms with Gasteiger partial charge in [0, 0.05) is 23.6 Å². The predicted octanol–water partition coefficient (Wildman–Crippen LogP) is 2.85. The lowest BCUT2D eigenvalue weighted by Crippen LogP contribution is -2.14. The molecule has 0 aliphatic carbocycles. The molecule has 0 heterocycles. The number of rotatable bonds is 5. The van der Waals surface area contributed by atoms with Crippen molar-refractivity contribution in [2.24, 2.45) is 0 Å². The first-order chi connectivity index (χ1) is 14.7. The molecule has 0 atom stereocenters. The summed E-state index contributed by atoms with van der Waals surface area (Å²) >= 11 is 5.91. The predicted molar refractivity (Wildman–Crippen MR) is 111 cm³/mol. The summed E-state index contributed by atoms with van der Waals surface area (Å²) < 4.78 is 64.7. The number of hydrogen-bond donors (Lipinski definition) is 4. The van der Waals surface area contributed by atoms with E-state index in [9.17, 15) is 46.0 Å². The number of non-ortho nitro benzene ring substituents is 1. The van der Waals surface area contributed by atoms with Gasteiger partial charge in [0.2, 0.25) is 0 Å². The Morgan fingerprint density at radius 1 is 0.969 bits per heavy atom. The highest BCUT2D eigenvalue weighted by molar-refractivity contribution is 7.86. The van der Waals surface area contributed by atoms with Crippen LogP contribution in [0.25, 0.3) is 10.8 Å². The van der Waals surface area contributed by atoms with Gasteiger partial charge in [0.1, 0.15) is 5.75 Å². The Bertz CT molecular complexity index is 1510. The van der Waals surface area contributed by atoms with E-state index in [2.05, 4.69) is 5.32 Å². The number of phenolic OH excluding ortho intramolecular Hbond substituents is 1. The van der Waals surface area contributed by atoms with Gasteiger partial charge in [-0.15, -0.1) is 0 Å². The quantitative estimate of drug-likeness (QED) is 0.228. The summed E-state index contributed by atoms with van der Waals surface area (Å²) in [6, 6.07) is 6.05. The van der Waals surface area contributed by atoms with Gasteiger partial charge in [0.05, 0.1) is 31.0 Å². The molecule has 3 aromatic carbocycles. The first kappa shape index (κ1) is 23.4. The molecule has 0 saturated carbocycles. The molecule has 0 radical (unpaired) electrons. The Morgan fingerprint density at radius 2 is 1.53 bits per heavy atom. The van der Waals surface area contributed by atoms with E-state index in [0.717, 1.165) is 36.4 Å².